The fourth-order valence-corrected chi connectivity index (χ4v) is 3.28. The zero-order valence-electron chi connectivity index (χ0n) is 18.0. The number of rotatable bonds is 5. The highest BCUT2D eigenvalue weighted by Crippen LogP contribution is 2.32. The lowest BCUT2D eigenvalue weighted by Gasteiger charge is -2.24. The summed E-state index contributed by atoms with van der Waals surface area (Å²) >= 11 is 0. The van der Waals surface area contributed by atoms with Gasteiger partial charge in [0.1, 0.15) is 0 Å². The maximum absolute atomic E-state index is 8.18. The summed E-state index contributed by atoms with van der Waals surface area (Å²) in [5.74, 6) is 0.481. The molecule has 0 aromatic heterocycles. The van der Waals surface area contributed by atoms with Crippen LogP contribution in [0.3, 0.4) is 0 Å². The van der Waals surface area contributed by atoms with Crippen molar-refractivity contribution in [1.29, 1.82) is 5.41 Å². The Bertz CT molecular complexity index is 685. The molecule has 0 aliphatic carbocycles. The molecule has 2 nitrogen and oxygen atoms in total. The maximum Gasteiger partial charge on any atom is 0.181 e. The molecule has 0 saturated carbocycles. The van der Waals surface area contributed by atoms with Crippen LogP contribution < -0.4 is 0 Å². The molecule has 2 aromatic carbocycles. The van der Waals surface area contributed by atoms with Crippen molar-refractivity contribution in [2.24, 2.45) is 0 Å². The minimum atomic E-state index is 0.132. The molecule has 0 saturated heterocycles. The fraction of sp³-hybridized carbons (Fsp3) is 0.480. The first-order chi connectivity index (χ1) is 12.5. The Hall–Kier alpha value is -2.09. The van der Waals surface area contributed by atoms with E-state index in [1.807, 2.05) is 6.92 Å². The van der Waals surface area contributed by atoms with E-state index in [-0.39, 0.29) is 16.7 Å². The van der Waals surface area contributed by atoms with Crippen molar-refractivity contribution in [2.75, 3.05) is 6.61 Å². The smallest absolute Gasteiger partial charge is 0.181 e. The topological polar surface area (TPSA) is 33.1 Å². The third-order valence-corrected chi connectivity index (χ3v) is 5.07. The van der Waals surface area contributed by atoms with Crippen LogP contribution in [-0.4, -0.2) is 12.5 Å². The van der Waals surface area contributed by atoms with Crippen molar-refractivity contribution >= 4 is 5.90 Å². The second-order valence-corrected chi connectivity index (χ2v) is 9.36. The standard InChI is InChI=1S/C25H35NO/c1-8-27-23(26)17-22(18-9-13-20(14-10-18)24(2,3)4)19-11-15-21(16-12-19)25(5,6)7/h9-16,22,26H,8,17H2,1-7H3. The average molecular weight is 366 g/mol. The first-order valence-corrected chi connectivity index (χ1v) is 9.93. The van der Waals surface area contributed by atoms with E-state index in [2.05, 4.69) is 90.1 Å². The molecule has 0 heterocycles. The number of benzene rings is 2. The van der Waals surface area contributed by atoms with Crippen LogP contribution in [-0.2, 0) is 15.6 Å². The summed E-state index contributed by atoms with van der Waals surface area (Å²) in [6.45, 7) is 15.9. The zero-order valence-corrected chi connectivity index (χ0v) is 18.0. The van der Waals surface area contributed by atoms with Crippen molar-refractivity contribution < 1.29 is 4.74 Å². The highest BCUT2D eigenvalue weighted by atomic mass is 16.5. The Kier molecular flexibility index (Phi) is 6.51. The predicted molar refractivity (Wildman–Crippen MR) is 116 cm³/mol. The van der Waals surface area contributed by atoms with Crippen molar-refractivity contribution in [3.63, 3.8) is 0 Å². The van der Waals surface area contributed by atoms with Gasteiger partial charge in [-0.1, -0.05) is 90.1 Å². The van der Waals surface area contributed by atoms with Crippen LogP contribution in [0.15, 0.2) is 48.5 Å². The van der Waals surface area contributed by atoms with Crippen LogP contribution in [0.2, 0.25) is 0 Å². The van der Waals surface area contributed by atoms with E-state index >= 15 is 0 Å². The molecule has 0 fully saturated rings. The van der Waals surface area contributed by atoms with Crippen LogP contribution in [0.1, 0.15) is 83.1 Å². The minimum absolute atomic E-state index is 0.132. The Morgan fingerprint density at radius 1 is 0.778 bits per heavy atom. The van der Waals surface area contributed by atoms with E-state index in [4.69, 9.17) is 10.1 Å². The molecule has 0 spiro atoms. The molecule has 0 unspecified atom stereocenters. The molecule has 0 bridgehead atoms. The zero-order chi connectivity index (χ0) is 20.2. The largest absolute Gasteiger partial charge is 0.481 e. The van der Waals surface area contributed by atoms with E-state index in [9.17, 15) is 0 Å². The van der Waals surface area contributed by atoms with Crippen LogP contribution in [0.25, 0.3) is 0 Å². The Morgan fingerprint density at radius 3 is 1.44 bits per heavy atom. The minimum Gasteiger partial charge on any atom is -0.481 e. The summed E-state index contributed by atoms with van der Waals surface area (Å²) in [6.07, 6.45) is 0.581. The van der Waals surface area contributed by atoms with Gasteiger partial charge in [0.2, 0.25) is 0 Å². The molecule has 0 aliphatic rings. The summed E-state index contributed by atoms with van der Waals surface area (Å²) in [5.41, 5.74) is 5.40. The van der Waals surface area contributed by atoms with Gasteiger partial charge in [0.05, 0.1) is 6.61 Å². The molecule has 0 aliphatic heterocycles. The molecular formula is C25H35NO. The van der Waals surface area contributed by atoms with Crippen LogP contribution in [0.4, 0.5) is 0 Å². The Labute approximate surface area is 165 Å². The lowest BCUT2D eigenvalue weighted by atomic mass is 9.82. The van der Waals surface area contributed by atoms with E-state index in [1.165, 1.54) is 22.3 Å². The average Bonchev–Trinajstić information content (AvgIpc) is 2.59. The molecular weight excluding hydrogens is 330 g/mol. The van der Waals surface area contributed by atoms with Crippen molar-refractivity contribution in [1.82, 2.24) is 0 Å². The van der Waals surface area contributed by atoms with Gasteiger partial charge >= 0.3 is 0 Å². The molecule has 146 valence electrons. The maximum atomic E-state index is 8.18. The van der Waals surface area contributed by atoms with E-state index < -0.39 is 0 Å². The molecule has 0 radical (unpaired) electrons. The van der Waals surface area contributed by atoms with Crippen LogP contribution >= 0.6 is 0 Å². The second kappa shape index (κ2) is 8.29. The monoisotopic (exact) mass is 365 g/mol. The number of hydrogen-bond acceptors (Lipinski definition) is 2. The quantitative estimate of drug-likeness (QED) is 0.458. The lowest BCUT2D eigenvalue weighted by Crippen LogP contribution is -2.14. The van der Waals surface area contributed by atoms with Gasteiger partial charge in [-0.05, 0) is 40.0 Å². The summed E-state index contributed by atoms with van der Waals surface area (Å²) < 4.78 is 5.45. The Balaban J connectivity index is 2.38. The highest BCUT2D eigenvalue weighted by molar-refractivity contribution is 5.74. The number of nitrogens with one attached hydrogen (secondary N) is 1. The van der Waals surface area contributed by atoms with Gasteiger partial charge in [0.15, 0.2) is 5.90 Å². The first-order valence-electron chi connectivity index (χ1n) is 9.93. The van der Waals surface area contributed by atoms with Gasteiger partial charge in [-0.25, -0.2) is 0 Å². The Morgan fingerprint density at radius 2 is 1.15 bits per heavy atom. The highest BCUT2D eigenvalue weighted by Gasteiger charge is 2.20. The van der Waals surface area contributed by atoms with Gasteiger partial charge in [-0.2, -0.15) is 0 Å². The number of hydrogen-bond donors (Lipinski definition) is 1. The van der Waals surface area contributed by atoms with E-state index in [1.54, 1.807) is 0 Å². The third kappa shape index (κ3) is 5.69. The molecule has 2 heteroatoms. The van der Waals surface area contributed by atoms with Gasteiger partial charge in [-0.15, -0.1) is 0 Å². The fourth-order valence-electron chi connectivity index (χ4n) is 3.28. The van der Waals surface area contributed by atoms with E-state index in [0.717, 1.165) is 0 Å². The summed E-state index contributed by atoms with van der Waals surface area (Å²) in [6, 6.07) is 17.7. The summed E-state index contributed by atoms with van der Waals surface area (Å²) in [7, 11) is 0. The normalized spacial score (nSPS) is 12.3. The predicted octanol–water partition coefficient (Wildman–Crippen LogP) is 6.82. The van der Waals surface area contributed by atoms with Crippen LogP contribution in [0, 0.1) is 5.41 Å². The lowest BCUT2D eigenvalue weighted by molar-refractivity contribution is 0.312. The summed E-state index contributed by atoms with van der Waals surface area (Å²) in [5, 5.41) is 8.18. The molecule has 27 heavy (non-hydrogen) atoms. The van der Waals surface area contributed by atoms with Gasteiger partial charge in [-0.3, -0.25) is 5.41 Å². The molecule has 2 rings (SSSR count). The number of ether oxygens (including phenoxy) is 1. The van der Waals surface area contributed by atoms with Crippen LogP contribution in [0.5, 0.6) is 0 Å². The first kappa shape index (κ1) is 21.2. The van der Waals surface area contributed by atoms with E-state index in [0.29, 0.717) is 18.9 Å². The summed E-state index contributed by atoms with van der Waals surface area (Å²) in [4.78, 5) is 0. The molecule has 2 aromatic rings. The van der Waals surface area contributed by atoms with Gasteiger partial charge in [0, 0.05) is 12.3 Å². The molecule has 0 amide bonds. The third-order valence-electron chi connectivity index (χ3n) is 5.07. The van der Waals surface area contributed by atoms with Gasteiger partial charge in [0.25, 0.3) is 0 Å². The van der Waals surface area contributed by atoms with Crippen molar-refractivity contribution in [3.8, 4) is 0 Å². The van der Waals surface area contributed by atoms with Gasteiger partial charge < -0.3 is 4.74 Å². The molecule has 1 N–H and O–H groups in total. The van der Waals surface area contributed by atoms with Crippen molar-refractivity contribution in [2.45, 2.75) is 71.6 Å². The van der Waals surface area contributed by atoms with Crippen molar-refractivity contribution in [3.05, 3.63) is 70.8 Å². The molecule has 0 atom stereocenters. The SMILES string of the molecule is CCOC(=N)CC(c1ccc(C(C)(C)C)cc1)c1ccc(C(C)(C)C)cc1. The second-order valence-electron chi connectivity index (χ2n) is 9.36.